The van der Waals surface area contributed by atoms with Crippen LogP contribution in [0.4, 0.5) is 0 Å². The summed E-state index contributed by atoms with van der Waals surface area (Å²) in [5.74, 6) is -1.41. The van der Waals surface area contributed by atoms with Gasteiger partial charge in [0.15, 0.2) is 12.2 Å². The molecule has 3 unspecified atom stereocenters. The van der Waals surface area contributed by atoms with Crippen LogP contribution in [0, 0.1) is 5.92 Å². The number of ether oxygens (including phenoxy) is 4. The van der Waals surface area contributed by atoms with Gasteiger partial charge >= 0.3 is 39.5 Å². The Morgan fingerprint density at radius 1 is 0.327 bits per heavy atom. The molecule has 19 heteroatoms. The second-order valence-electron chi connectivity index (χ2n) is 28.0. The highest BCUT2D eigenvalue weighted by Gasteiger charge is 2.30. The number of carbonyl (C=O) groups is 4. The van der Waals surface area contributed by atoms with Crippen LogP contribution in [0.25, 0.3) is 0 Å². The summed E-state index contributed by atoms with van der Waals surface area (Å²) >= 11 is 0. The minimum Gasteiger partial charge on any atom is -0.462 e. The molecule has 98 heavy (non-hydrogen) atoms. The summed E-state index contributed by atoms with van der Waals surface area (Å²) in [5, 5.41) is 10.6. The Bertz CT molecular complexity index is 1970. The van der Waals surface area contributed by atoms with Crippen molar-refractivity contribution in [3.63, 3.8) is 0 Å². The summed E-state index contributed by atoms with van der Waals surface area (Å²) in [6, 6.07) is 0. The lowest BCUT2D eigenvalue weighted by molar-refractivity contribution is -0.161. The second kappa shape index (κ2) is 71.5. The number of carbonyl (C=O) groups excluding carboxylic acids is 4. The Kier molecular flexibility index (Phi) is 69.7. The van der Waals surface area contributed by atoms with Crippen molar-refractivity contribution < 1.29 is 80.2 Å². The molecule has 0 bridgehead atoms. The highest BCUT2D eigenvalue weighted by atomic mass is 31.2. The molecule has 0 saturated heterocycles. The van der Waals surface area contributed by atoms with E-state index in [4.69, 9.17) is 37.0 Å². The van der Waals surface area contributed by atoms with Gasteiger partial charge in [-0.15, -0.1) is 0 Å². The predicted octanol–water partition coefficient (Wildman–Crippen LogP) is 23.2. The van der Waals surface area contributed by atoms with Crippen LogP contribution in [0.1, 0.15) is 394 Å². The number of phosphoric acid groups is 2. The van der Waals surface area contributed by atoms with Gasteiger partial charge in [-0.1, -0.05) is 341 Å². The summed E-state index contributed by atoms with van der Waals surface area (Å²) in [7, 11) is -9.93. The third kappa shape index (κ3) is 70.6. The number of unbranched alkanes of at least 4 members (excludes halogenated alkanes) is 45. The lowest BCUT2D eigenvalue weighted by atomic mass is 10.00. The van der Waals surface area contributed by atoms with Crippen LogP contribution in [-0.2, 0) is 65.4 Å². The molecule has 0 spiro atoms. The first-order valence-electron chi connectivity index (χ1n) is 40.5. The molecule has 0 amide bonds. The molecule has 6 atom stereocenters. The lowest BCUT2D eigenvalue weighted by Crippen LogP contribution is -2.30. The van der Waals surface area contributed by atoms with Crippen molar-refractivity contribution in [2.24, 2.45) is 5.92 Å². The van der Waals surface area contributed by atoms with Crippen molar-refractivity contribution in [1.82, 2.24) is 0 Å². The maximum Gasteiger partial charge on any atom is 0.472 e. The van der Waals surface area contributed by atoms with Gasteiger partial charge in [0, 0.05) is 25.7 Å². The third-order valence-corrected chi connectivity index (χ3v) is 20.2. The molecule has 0 radical (unpaired) electrons. The molecule has 0 heterocycles. The van der Waals surface area contributed by atoms with Gasteiger partial charge in [-0.05, 0) is 57.3 Å². The maximum atomic E-state index is 13.1. The van der Waals surface area contributed by atoms with Crippen molar-refractivity contribution in [1.29, 1.82) is 0 Å². The molecule has 0 aliphatic heterocycles. The van der Waals surface area contributed by atoms with Crippen LogP contribution in [0.2, 0.25) is 0 Å². The van der Waals surface area contributed by atoms with Gasteiger partial charge in [0.2, 0.25) is 0 Å². The zero-order valence-electron chi connectivity index (χ0n) is 63.4. The number of allylic oxidation sites excluding steroid dienone is 4. The lowest BCUT2D eigenvalue weighted by Gasteiger charge is -2.21. The Labute approximate surface area is 599 Å². The van der Waals surface area contributed by atoms with Gasteiger partial charge in [0.25, 0.3) is 0 Å². The van der Waals surface area contributed by atoms with Gasteiger partial charge in [-0.25, -0.2) is 9.13 Å². The monoisotopic (exact) mass is 1430 g/mol. The van der Waals surface area contributed by atoms with Gasteiger partial charge in [0.05, 0.1) is 26.4 Å². The number of rotatable bonds is 77. The van der Waals surface area contributed by atoms with E-state index < -0.39 is 97.5 Å². The Balaban J connectivity index is 5.28. The van der Waals surface area contributed by atoms with E-state index in [9.17, 15) is 43.2 Å². The maximum absolute atomic E-state index is 13.1. The Morgan fingerprint density at radius 2 is 0.571 bits per heavy atom. The fraction of sp³-hybridized carbons (Fsp3) is 0.899. The van der Waals surface area contributed by atoms with Crippen LogP contribution in [0.15, 0.2) is 24.3 Å². The molecule has 0 rings (SSSR count). The van der Waals surface area contributed by atoms with Crippen molar-refractivity contribution >= 4 is 39.5 Å². The fourth-order valence-corrected chi connectivity index (χ4v) is 13.2. The molecule has 3 N–H and O–H groups in total. The smallest absolute Gasteiger partial charge is 0.462 e. The van der Waals surface area contributed by atoms with E-state index in [2.05, 4.69) is 58.9 Å². The highest BCUT2D eigenvalue weighted by molar-refractivity contribution is 7.47. The summed E-state index contributed by atoms with van der Waals surface area (Å²) < 4.78 is 68.6. The van der Waals surface area contributed by atoms with Crippen molar-refractivity contribution in [2.45, 2.75) is 412 Å². The van der Waals surface area contributed by atoms with Crippen LogP contribution in [0.3, 0.4) is 0 Å². The van der Waals surface area contributed by atoms with Crippen LogP contribution >= 0.6 is 15.6 Å². The Morgan fingerprint density at radius 3 is 0.867 bits per heavy atom. The van der Waals surface area contributed by atoms with Gasteiger partial charge in [-0.2, -0.15) is 0 Å². The SMILES string of the molecule is CCCCCC/C=C\C=C/CCCCCCCC(=O)OC[C@H](COP(=O)(O)OC[C@@H](O)COP(=O)(O)OC[C@@H](COC(=O)CCCCCCCCC(C)CC)OC(=O)CCCCCCCCCCCCCCCCC)OC(=O)CCCCCCCCCCCCCCCCCCCC. The van der Waals surface area contributed by atoms with Crippen LogP contribution in [-0.4, -0.2) is 96.7 Å². The summed E-state index contributed by atoms with van der Waals surface area (Å²) in [6.45, 7) is 7.21. The molecular formula is C79H150O17P2. The average molecular weight is 1430 g/mol. The average Bonchev–Trinajstić information content (AvgIpc) is 1.01. The zero-order valence-corrected chi connectivity index (χ0v) is 65.2. The largest absolute Gasteiger partial charge is 0.472 e. The van der Waals surface area contributed by atoms with Crippen LogP contribution < -0.4 is 0 Å². The molecule has 0 aliphatic rings. The number of esters is 4. The first kappa shape index (κ1) is 95.5. The second-order valence-corrected chi connectivity index (χ2v) is 30.9. The molecular weight excluding hydrogens is 1280 g/mol. The molecule has 0 aromatic heterocycles. The van der Waals surface area contributed by atoms with Crippen LogP contribution in [0.5, 0.6) is 0 Å². The Hall–Kier alpha value is -2.46. The van der Waals surface area contributed by atoms with E-state index in [1.165, 1.54) is 193 Å². The predicted molar refractivity (Wildman–Crippen MR) is 400 cm³/mol. The van der Waals surface area contributed by atoms with E-state index >= 15 is 0 Å². The minimum atomic E-state index is -4.97. The van der Waals surface area contributed by atoms with E-state index in [1.807, 2.05) is 0 Å². The van der Waals surface area contributed by atoms with Crippen molar-refractivity contribution in [2.75, 3.05) is 39.6 Å². The quantitative estimate of drug-likeness (QED) is 0.0169. The normalized spacial score (nSPS) is 14.3. The molecule has 17 nitrogen and oxygen atoms in total. The molecule has 0 saturated carbocycles. The molecule has 578 valence electrons. The molecule has 0 aliphatic carbocycles. The number of phosphoric ester groups is 2. The molecule has 0 aromatic rings. The van der Waals surface area contributed by atoms with Gasteiger partial charge in [0.1, 0.15) is 19.3 Å². The van der Waals surface area contributed by atoms with Crippen molar-refractivity contribution in [3.05, 3.63) is 24.3 Å². The molecule has 0 fully saturated rings. The van der Waals surface area contributed by atoms with Gasteiger partial charge < -0.3 is 33.8 Å². The fourth-order valence-electron chi connectivity index (χ4n) is 11.7. The molecule has 0 aromatic carbocycles. The standard InChI is InChI=1S/C79H150O17P2/c1-6-10-13-16-19-22-25-28-31-32-33-36-39-42-45-48-55-60-64-78(83)95-74(68-89-76(81)62-57-52-46-43-40-37-34-29-26-23-20-17-14-11-7-2)70-93-97(85,86)91-66-73(80)67-92-98(87,88)94-71-75(69-90-77(82)63-58-53-50-49-51-56-61-72(5)9-4)96-79(84)65-59-54-47-44-41-38-35-30-27-24-21-18-15-12-8-3/h23,26,29,34,72-75,80H,6-22,24-25,27-28,30-33,35-71H2,1-5H3,(H,85,86)(H,87,88)/b26-23-,34-29-/t72?,73-,74-,75-/m1/s1. The number of aliphatic hydroxyl groups is 1. The van der Waals surface area contributed by atoms with Gasteiger partial charge in [-0.3, -0.25) is 37.3 Å². The number of aliphatic hydroxyl groups excluding tert-OH is 1. The summed E-state index contributed by atoms with van der Waals surface area (Å²) in [6.07, 6.45) is 64.6. The first-order valence-corrected chi connectivity index (χ1v) is 43.5. The van der Waals surface area contributed by atoms with E-state index in [0.717, 1.165) is 121 Å². The van der Waals surface area contributed by atoms with Crippen molar-refractivity contribution in [3.8, 4) is 0 Å². The topological polar surface area (TPSA) is 237 Å². The van der Waals surface area contributed by atoms with E-state index in [-0.39, 0.29) is 25.7 Å². The third-order valence-electron chi connectivity index (χ3n) is 18.3. The summed E-state index contributed by atoms with van der Waals surface area (Å²) in [4.78, 5) is 72.9. The minimum absolute atomic E-state index is 0.102. The number of hydrogen-bond donors (Lipinski definition) is 3. The van der Waals surface area contributed by atoms with E-state index in [0.29, 0.717) is 25.7 Å². The first-order chi connectivity index (χ1) is 47.6. The van der Waals surface area contributed by atoms with E-state index in [1.54, 1.807) is 0 Å². The number of hydrogen-bond acceptors (Lipinski definition) is 15. The summed E-state index contributed by atoms with van der Waals surface area (Å²) in [5.41, 5.74) is 0. The zero-order chi connectivity index (χ0) is 71.9. The highest BCUT2D eigenvalue weighted by Crippen LogP contribution is 2.45.